The molecule has 0 saturated carbocycles. The van der Waals surface area contributed by atoms with E-state index in [1.54, 1.807) is 0 Å². The molecule has 0 atom stereocenters. The minimum absolute atomic E-state index is 0.347. The molecule has 1 aliphatic heterocycles. The van der Waals surface area contributed by atoms with Crippen molar-refractivity contribution in [3.05, 3.63) is 24.0 Å². The van der Waals surface area contributed by atoms with E-state index in [9.17, 15) is 9.50 Å². The lowest BCUT2D eigenvalue weighted by Gasteiger charge is -2.32. The highest BCUT2D eigenvalue weighted by Gasteiger charge is 2.29. The second kappa shape index (κ2) is 4.89. The van der Waals surface area contributed by atoms with Crippen LogP contribution in [0.1, 0.15) is 12.8 Å². The number of nitrogens with two attached hydrogens (primary N) is 1. The molecule has 1 fully saturated rings. The summed E-state index contributed by atoms with van der Waals surface area (Å²) in [4.78, 5) is 0. The van der Waals surface area contributed by atoms with Gasteiger partial charge in [-0.25, -0.2) is 4.39 Å². The predicted molar refractivity (Wildman–Crippen MR) is 64.3 cm³/mol. The first kappa shape index (κ1) is 12.1. The lowest BCUT2D eigenvalue weighted by molar-refractivity contribution is -0.0543. The third kappa shape index (κ3) is 3.08. The predicted octanol–water partition coefficient (Wildman–Crippen LogP) is 1.36. The van der Waals surface area contributed by atoms with E-state index in [0.29, 0.717) is 44.0 Å². The Morgan fingerprint density at radius 1 is 1.41 bits per heavy atom. The van der Waals surface area contributed by atoms with Crippen LogP contribution in [0.2, 0.25) is 0 Å². The van der Waals surface area contributed by atoms with Crippen LogP contribution >= 0.6 is 0 Å². The number of benzene rings is 1. The summed E-state index contributed by atoms with van der Waals surface area (Å²) >= 11 is 0. The molecule has 0 radical (unpaired) electrons. The largest absolute Gasteiger partial charge is 0.397 e. The Bertz CT molecular complexity index is 392. The van der Waals surface area contributed by atoms with Gasteiger partial charge in [0.25, 0.3) is 0 Å². The molecule has 94 valence electrons. The zero-order valence-corrected chi connectivity index (χ0v) is 9.58. The highest BCUT2D eigenvalue weighted by atomic mass is 19.1. The third-order valence-corrected chi connectivity index (χ3v) is 3.05. The Morgan fingerprint density at radius 2 is 2.12 bits per heavy atom. The molecular weight excluding hydrogens is 223 g/mol. The lowest BCUT2D eigenvalue weighted by Crippen LogP contribution is -2.42. The number of hydrogen-bond acceptors (Lipinski definition) is 4. The Balaban J connectivity index is 1.99. The summed E-state index contributed by atoms with van der Waals surface area (Å²) in [5, 5.41) is 13.2. The molecule has 0 aromatic heterocycles. The van der Waals surface area contributed by atoms with Crippen LogP contribution in [0.15, 0.2) is 18.2 Å². The van der Waals surface area contributed by atoms with Crippen LogP contribution in [-0.2, 0) is 4.74 Å². The van der Waals surface area contributed by atoms with Crippen LogP contribution < -0.4 is 11.1 Å². The van der Waals surface area contributed by atoms with Gasteiger partial charge in [-0.05, 0) is 18.2 Å². The quantitative estimate of drug-likeness (QED) is 0.698. The zero-order chi connectivity index (χ0) is 12.3. The number of ether oxygens (including phenoxy) is 1. The maximum atomic E-state index is 13.0. The van der Waals surface area contributed by atoms with Crippen LogP contribution in [0, 0.1) is 5.82 Å². The fourth-order valence-electron chi connectivity index (χ4n) is 1.87. The Morgan fingerprint density at radius 3 is 2.82 bits per heavy atom. The molecule has 4 nitrogen and oxygen atoms in total. The summed E-state index contributed by atoms with van der Waals surface area (Å²) in [6.07, 6.45) is 1.16. The fourth-order valence-corrected chi connectivity index (χ4v) is 1.87. The van der Waals surface area contributed by atoms with Crippen molar-refractivity contribution in [2.75, 3.05) is 30.8 Å². The van der Waals surface area contributed by atoms with E-state index in [-0.39, 0.29) is 5.82 Å². The summed E-state index contributed by atoms with van der Waals surface area (Å²) in [5.74, 6) is -0.347. The van der Waals surface area contributed by atoms with E-state index in [1.165, 1.54) is 18.2 Å². The molecule has 1 saturated heterocycles. The van der Waals surface area contributed by atoms with Crippen molar-refractivity contribution in [2.45, 2.75) is 18.4 Å². The molecule has 1 heterocycles. The van der Waals surface area contributed by atoms with E-state index in [2.05, 4.69) is 5.32 Å². The van der Waals surface area contributed by atoms with Crippen LogP contribution in [0.4, 0.5) is 15.8 Å². The summed E-state index contributed by atoms with van der Waals surface area (Å²) in [6, 6.07) is 4.15. The van der Waals surface area contributed by atoms with Crippen molar-refractivity contribution >= 4 is 11.4 Å². The normalized spacial score (nSPS) is 18.9. The molecule has 17 heavy (non-hydrogen) atoms. The van der Waals surface area contributed by atoms with Gasteiger partial charge in [0, 0.05) is 32.6 Å². The average molecular weight is 240 g/mol. The van der Waals surface area contributed by atoms with E-state index in [1.807, 2.05) is 0 Å². The number of hydrogen-bond donors (Lipinski definition) is 3. The van der Waals surface area contributed by atoms with Crippen molar-refractivity contribution in [1.29, 1.82) is 0 Å². The Kier molecular flexibility index (Phi) is 3.49. The SMILES string of the molecule is Nc1ccc(F)cc1NCC1(O)CCOCC1. The molecule has 4 N–H and O–H groups in total. The van der Waals surface area contributed by atoms with Gasteiger partial charge < -0.3 is 20.9 Å². The van der Waals surface area contributed by atoms with Gasteiger partial charge in [0.05, 0.1) is 17.0 Å². The van der Waals surface area contributed by atoms with Crippen LogP contribution in [-0.4, -0.2) is 30.5 Å². The molecule has 0 amide bonds. The molecule has 2 rings (SSSR count). The van der Waals surface area contributed by atoms with Gasteiger partial charge in [0.15, 0.2) is 0 Å². The van der Waals surface area contributed by atoms with Crippen molar-refractivity contribution in [3.63, 3.8) is 0 Å². The van der Waals surface area contributed by atoms with Gasteiger partial charge in [-0.1, -0.05) is 0 Å². The second-order valence-electron chi connectivity index (χ2n) is 4.42. The molecule has 1 aromatic rings. The molecule has 0 bridgehead atoms. The van der Waals surface area contributed by atoms with Crippen LogP contribution in [0.3, 0.4) is 0 Å². The molecule has 5 heteroatoms. The monoisotopic (exact) mass is 240 g/mol. The fraction of sp³-hybridized carbons (Fsp3) is 0.500. The minimum atomic E-state index is -0.795. The number of rotatable bonds is 3. The molecule has 1 aromatic carbocycles. The topological polar surface area (TPSA) is 67.5 Å². The summed E-state index contributed by atoms with van der Waals surface area (Å²) < 4.78 is 18.2. The Hall–Kier alpha value is -1.33. The Labute approximate surface area is 99.6 Å². The van der Waals surface area contributed by atoms with Gasteiger partial charge in [-0.2, -0.15) is 0 Å². The number of anilines is 2. The average Bonchev–Trinajstić information content (AvgIpc) is 2.31. The summed E-state index contributed by atoms with van der Waals surface area (Å²) in [6.45, 7) is 1.46. The maximum Gasteiger partial charge on any atom is 0.125 e. The highest BCUT2D eigenvalue weighted by molar-refractivity contribution is 5.65. The van der Waals surface area contributed by atoms with Gasteiger partial charge in [0.1, 0.15) is 5.82 Å². The smallest absolute Gasteiger partial charge is 0.125 e. The van der Waals surface area contributed by atoms with E-state index < -0.39 is 5.60 Å². The minimum Gasteiger partial charge on any atom is -0.397 e. The van der Waals surface area contributed by atoms with Gasteiger partial charge in [-0.3, -0.25) is 0 Å². The van der Waals surface area contributed by atoms with Crippen molar-refractivity contribution < 1.29 is 14.2 Å². The molecule has 0 spiro atoms. The zero-order valence-electron chi connectivity index (χ0n) is 9.58. The first-order valence-electron chi connectivity index (χ1n) is 5.68. The highest BCUT2D eigenvalue weighted by Crippen LogP contribution is 2.24. The standard InChI is InChI=1S/C12H17FN2O2/c13-9-1-2-10(14)11(7-9)15-8-12(16)3-5-17-6-4-12/h1-2,7,15-16H,3-6,8,14H2. The molecular formula is C12H17FN2O2. The first-order chi connectivity index (χ1) is 8.09. The van der Waals surface area contributed by atoms with Crippen molar-refractivity contribution in [2.24, 2.45) is 0 Å². The molecule has 0 aliphatic carbocycles. The van der Waals surface area contributed by atoms with E-state index in [0.717, 1.165) is 0 Å². The van der Waals surface area contributed by atoms with Gasteiger partial charge in [-0.15, -0.1) is 0 Å². The number of aliphatic hydroxyl groups is 1. The lowest BCUT2D eigenvalue weighted by atomic mass is 9.94. The maximum absolute atomic E-state index is 13.0. The van der Waals surface area contributed by atoms with Crippen LogP contribution in [0.25, 0.3) is 0 Å². The summed E-state index contributed by atoms with van der Waals surface area (Å²) in [7, 11) is 0. The number of halogens is 1. The van der Waals surface area contributed by atoms with Gasteiger partial charge in [0.2, 0.25) is 0 Å². The summed E-state index contributed by atoms with van der Waals surface area (Å²) in [5.41, 5.74) is 5.91. The van der Waals surface area contributed by atoms with Crippen LogP contribution in [0.5, 0.6) is 0 Å². The molecule has 0 unspecified atom stereocenters. The van der Waals surface area contributed by atoms with E-state index in [4.69, 9.17) is 10.5 Å². The first-order valence-corrected chi connectivity index (χ1v) is 5.68. The third-order valence-electron chi connectivity index (χ3n) is 3.05. The van der Waals surface area contributed by atoms with E-state index >= 15 is 0 Å². The number of nitrogens with one attached hydrogen (secondary N) is 1. The van der Waals surface area contributed by atoms with Gasteiger partial charge >= 0.3 is 0 Å². The van der Waals surface area contributed by atoms with Crippen molar-refractivity contribution in [3.8, 4) is 0 Å². The number of nitrogen functional groups attached to an aromatic ring is 1. The molecule has 1 aliphatic rings. The second-order valence-corrected chi connectivity index (χ2v) is 4.42. The van der Waals surface area contributed by atoms with Crippen molar-refractivity contribution in [1.82, 2.24) is 0 Å².